The van der Waals surface area contributed by atoms with Gasteiger partial charge in [-0.3, -0.25) is 9.59 Å². The number of carboxylic acid groups (broad SMARTS) is 1. The fourth-order valence-electron chi connectivity index (χ4n) is 3.30. The number of aliphatic carboxylic acids is 1. The van der Waals surface area contributed by atoms with Crippen LogP contribution in [0.4, 0.5) is 0 Å². The van der Waals surface area contributed by atoms with Gasteiger partial charge in [0.15, 0.2) is 6.10 Å². The van der Waals surface area contributed by atoms with Crippen molar-refractivity contribution in [3.63, 3.8) is 0 Å². The molecule has 0 saturated heterocycles. The van der Waals surface area contributed by atoms with Crippen LogP contribution < -0.4 is 12.4 Å². The predicted molar refractivity (Wildman–Crippen MR) is 111 cm³/mol. The SMILES string of the molecule is CCCCCCCCCCCCCCC(=O)OC(CC(=O)O)C[N+](C)(C)C.[Cl-]. The highest BCUT2D eigenvalue weighted by Gasteiger charge is 2.24. The van der Waals surface area contributed by atoms with Crippen LogP contribution in [0.1, 0.15) is 96.8 Å². The van der Waals surface area contributed by atoms with Crippen LogP contribution >= 0.6 is 0 Å². The summed E-state index contributed by atoms with van der Waals surface area (Å²) in [5.74, 6) is -1.19. The van der Waals surface area contributed by atoms with Crippen LogP contribution in [0.15, 0.2) is 0 Å². The zero-order valence-corrected chi connectivity index (χ0v) is 19.4. The summed E-state index contributed by atoms with van der Waals surface area (Å²) in [7, 11) is 5.90. The van der Waals surface area contributed by atoms with Crippen molar-refractivity contribution in [2.75, 3.05) is 27.7 Å². The monoisotopic (exact) mass is 421 g/mol. The van der Waals surface area contributed by atoms with Gasteiger partial charge in [0.1, 0.15) is 6.54 Å². The fourth-order valence-corrected chi connectivity index (χ4v) is 3.30. The molecule has 0 amide bonds. The molecule has 1 unspecified atom stereocenters. The molecule has 0 bridgehead atoms. The van der Waals surface area contributed by atoms with Crippen LogP contribution in [0.2, 0.25) is 0 Å². The molecule has 0 aromatic rings. The van der Waals surface area contributed by atoms with Crippen LogP contribution in [0.3, 0.4) is 0 Å². The number of carbonyl (C=O) groups is 2. The van der Waals surface area contributed by atoms with Crippen molar-refractivity contribution >= 4 is 11.9 Å². The second kappa shape index (κ2) is 18.2. The van der Waals surface area contributed by atoms with E-state index in [9.17, 15) is 9.59 Å². The average molecular weight is 422 g/mol. The summed E-state index contributed by atoms with van der Waals surface area (Å²) in [6, 6.07) is 0. The lowest BCUT2D eigenvalue weighted by Gasteiger charge is -2.28. The number of nitrogens with zero attached hydrogens (tertiary/aromatic N) is 1. The molecule has 0 fully saturated rings. The number of hydrogen-bond donors (Lipinski definition) is 1. The van der Waals surface area contributed by atoms with Gasteiger partial charge in [0, 0.05) is 6.42 Å². The first-order valence-corrected chi connectivity index (χ1v) is 11.0. The molecular formula is C22H44ClNO4. The molecule has 5 nitrogen and oxygen atoms in total. The molecule has 28 heavy (non-hydrogen) atoms. The normalized spacial score (nSPS) is 12.3. The van der Waals surface area contributed by atoms with Gasteiger partial charge in [0.2, 0.25) is 0 Å². The van der Waals surface area contributed by atoms with Crippen molar-refractivity contribution in [3.05, 3.63) is 0 Å². The van der Waals surface area contributed by atoms with E-state index < -0.39 is 12.1 Å². The first-order chi connectivity index (χ1) is 12.7. The van der Waals surface area contributed by atoms with Gasteiger partial charge in [-0.05, 0) is 6.42 Å². The Morgan fingerprint density at radius 1 is 0.821 bits per heavy atom. The molecule has 0 spiro atoms. The smallest absolute Gasteiger partial charge is 0.307 e. The standard InChI is InChI=1S/C22H43NO4.ClH/c1-5-6-7-8-9-10-11-12-13-14-15-16-17-22(26)27-20(18-21(24)25)19-23(2,3)4;/h20H,5-19H2,1-4H3;1H. The van der Waals surface area contributed by atoms with Gasteiger partial charge in [-0.15, -0.1) is 0 Å². The number of quaternary nitrogens is 1. The first kappa shape index (κ1) is 29.4. The van der Waals surface area contributed by atoms with Crippen molar-refractivity contribution in [2.24, 2.45) is 0 Å². The second-order valence-electron chi connectivity index (χ2n) is 8.82. The summed E-state index contributed by atoms with van der Waals surface area (Å²) in [6.45, 7) is 2.76. The highest BCUT2D eigenvalue weighted by atomic mass is 35.5. The van der Waals surface area contributed by atoms with E-state index in [1.54, 1.807) is 0 Å². The maximum absolute atomic E-state index is 12.0. The number of esters is 1. The van der Waals surface area contributed by atoms with Crippen molar-refractivity contribution in [2.45, 2.75) is 103 Å². The minimum atomic E-state index is -0.924. The van der Waals surface area contributed by atoms with E-state index in [1.807, 2.05) is 21.1 Å². The van der Waals surface area contributed by atoms with E-state index in [2.05, 4.69) is 6.92 Å². The Morgan fingerprint density at radius 3 is 1.64 bits per heavy atom. The Bertz CT molecular complexity index is 396. The van der Waals surface area contributed by atoms with Gasteiger partial charge in [-0.25, -0.2) is 0 Å². The van der Waals surface area contributed by atoms with Gasteiger partial charge >= 0.3 is 11.9 Å². The third kappa shape index (κ3) is 21.5. The third-order valence-electron chi connectivity index (χ3n) is 4.69. The molecule has 6 heteroatoms. The highest BCUT2D eigenvalue weighted by molar-refractivity contribution is 5.71. The molecule has 1 N–H and O–H groups in total. The van der Waals surface area contributed by atoms with E-state index in [0.29, 0.717) is 17.4 Å². The van der Waals surface area contributed by atoms with Crippen LogP contribution in [-0.2, 0) is 14.3 Å². The molecule has 168 valence electrons. The Kier molecular flexibility index (Phi) is 19.1. The molecule has 0 heterocycles. The maximum atomic E-state index is 12.0. The van der Waals surface area contributed by atoms with Crippen molar-refractivity contribution in [1.82, 2.24) is 0 Å². The Labute approximate surface area is 179 Å². The van der Waals surface area contributed by atoms with E-state index in [0.717, 1.165) is 12.8 Å². The summed E-state index contributed by atoms with van der Waals surface area (Å²) >= 11 is 0. The largest absolute Gasteiger partial charge is 1.00 e. The number of carbonyl (C=O) groups excluding carboxylic acids is 1. The predicted octanol–water partition coefficient (Wildman–Crippen LogP) is 2.17. The molecule has 0 aliphatic carbocycles. The molecule has 0 aliphatic heterocycles. The lowest BCUT2D eigenvalue weighted by atomic mass is 10.0. The van der Waals surface area contributed by atoms with E-state index >= 15 is 0 Å². The lowest BCUT2D eigenvalue weighted by Crippen LogP contribution is -3.00. The van der Waals surface area contributed by atoms with Crippen molar-refractivity contribution < 1.29 is 36.3 Å². The fraction of sp³-hybridized carbons (Fsp3) is 0.909. The highest BCUT2D eigenvalue weighted by Crippen LogP contribution is 2.13. The summed E-state index contributed by atoms with van der Waals surface area (Å²) in [5.41, 5.74) is 0. The molecule has 0 rings (SSSR count). The van der Waals surface area contributed by atoms with Gasteiger partial charge in [-0.1, -0.05) is 77.6 Å². The third-order valence-corrected chi connectivity index (χ3v) is 4.69. The van der Waals surface area contributed by atoms with Crippen molar-refractivity contribution in [1.29, 1.82) is 0 Å². The number of likely N-dealkylation sites (N-methyl/N-ethyl adjacent to an activating group) is 1. The molecule has 0 aliphatic rings. The number of halogens is 1. The summed E-state index contributed by atoms with van der Waals surface area (Å²) < 4.78 is 5.98. The van der Waals surface area contributed by atoms with Gasteiger partial charge < -0.3 is 26.7 Å². The van der Waals surface area contributed by atoms with Gasteiger partial charge in [0.05, 0.1) is 27.6 Å². The van der Waals surface area contributed by atoms with E-state index in [1.165, 1.54) is 64.2 Å². The molecule has 1 atom stereocenters. The minimum absolute atomic E-state index is 0. The Hall–Kier alpha value is -0.810. The maximum Gasteiger partial charge on any atom is 0.307 e. The van der Waals surface area contributed by atoms with Crippen LogP contribution in [0.5, 0.6) is 0 Å². The number of hydrogen-bond acceptors (Lipinski definition) is 3. The van der Waals surface area contributed by atoms with Crippen molar-refractivity contribution in [3.8, 4) is 0 Å². The average Bonchev–Trinajstić information content (AvgIpc) is 2.53. The van der Waals surface area contributed by atoms with E-state index in [4.69, 9.17) is 9.84 Å². The Morgan fingerprint density at radius 2 is 1.25 bits per heavy atom. The number of ether oxygens (including phenoxy) is 1. The van der Waals surface area contributed by atoms with Gasteiger partial charge in [-0.2, -0.15) is 0 Å². The van der Waals surface area contributed by atoms with Crippen LogP contribution in [-0.4, -0.2) is 55.3 Å². The van der Waals surface area contributed by atoms with Crippen LogP contribution in [0, 0.1) is 0 Å². The second-order valence-corrected chi connectivity index (χ2v) is 8.82. The quantitative estimate of drug-likeness (QED) is 0.209. The minimum Gasteiger partial charge on any atom is -1.00 e. The first-order valence-electron chi connectivity index (χ1n) is 11.0. The number of rotatable bonds is 18. The zero-order chi connectivity index (χ0) is 20.5. The summed E-state index contributed by atoms with van der Waals surface area (Å²) in [4.78, 5) is 22.9. The van der Waals surface area contributed by atoms with Gasteiger partial charge in [0.25, 0.3) is 0 Å². The molecule has 0 aromatic heterocycles. The van der Waals surface area contributed by atoms with Crippen LogP contribution in [0.25, 0.3) is 0 Å². The molecule has 0 aromatic carbocycles. The number of carboxylic acids is 1. The Balaban J connectivity index is 0. The topological polar surface area (TPSA) is 63.6 Å². The lowest BCUT2D eigenvalue weighted by molar-refractivity contribution is -0.873. The molecule has 0 saturated carbocycles. The van der Waals surface area contributed by atoms with E-state index in [-0.39, 0.29) is 24.8 Å². The summed E-state index contributed by atoms with van der Waals surface area (Å²) in [6.07, 6.45) is 14.8. The molecular weight excluding hydrogens is 378 g/mol. The number of unbranched alkanes of at least 4 members (excludes halogenated alkanes) is 11. The molecule has 0 radical (unpaired) electrons. The zero-order valence-electron chi connectivity index (χ0n) is 18.7. The summed E-state index contributed by atoms with van der Waals surface area (Å²) in [5, 5.41) is 8.98.